The Balaban J connectivity index is 1.50. The average Bonchev–Trinajstić information content (AvgIpc) is 2.84. The summed E-state index contributed by atoms with van der Waals surface area (Å²) in [5, 5.41) is 0. The average molecular weight is 438 g/mol. The lowest BCUT2D eigenvalue weighted by atomic mass is 10.1. The largest absolute Gasteiger partial charge is 0.336 e. The third-order valence-electron chi connectivity index (χ3n) is 5.61. The van der Waals surface area contributed by atoms with Gasteiger partial charge < -0.3 is 4.90 Å². The van der Waals surface area contributed by atoms with Gasteiger partial charge in [-0.2, -0.15) is 0 Å². The van der Waals surface area contributed by atoms with Crippen molar-refractivity contribution in [1.29, 1.82) is 0 Å². The number of carbonyl (C=O) groups excluding carboxylic acids is 1. The van der Waals surface area contributed by atoms with E-state index in [2.05, 4.69) is 17.1 Å². The van der Waals surface area contributed by atoms with Gasteiger partial charge in [0.05, 0.1) is 12.0 Å². The summed E-state index contributed by atoms with van der Waals surface area (Å²) in [5.74, 6) is -0.109. The van der Waals surface area contributed by atoms with Gasteiger partial charge >= 0.3 is 0 Å². The Kier molecular flexibility index (Phi) is 7.10. The standard InChI is InChI=1S/C28H27N3O2/c1-22-12-14-25(15-13-22)26-18-27(32)31(21-29-26)20-28(33)30(19-24-10-6-3-7-11-24)17-16-23-8-4-2-5-9-23/h2-15,18,21H,16-17,19-20H2,1H3. The van der Waals surface area contributed by atoms with Gasteiger partial charge in [0.15, 0.2) is 0 Å². The molecule has 1 heterocycles. The van der Waals surface area contributed by atoms with Gasteiger partial charge in [0.25, 0.3) is 5.56 Å². The first-order chi connectivity index (χ1) is 16.1. The zero-order valence-electron chi connectivity index (χ0n) is 18.7. The van der Waals surface area contributed by atoms with E-state index < -0.39 is 0 Å². The van der Waals surface area contributed by atoms with Gasteiger partial charge in [-0.3, -0.25) is 14.2 Å². The van der Waals surface area contributed by atoms with E-state index in [-0.39, 0.29) is 18.0 Å². The summed E-state index contributed by atoms with van der Waals surface area (Å²) in [7, 11) is 0. The van der Waals surface area contributed by atoms with E-state index in [9.17, 15) is 9.59 Å². The minimum atomic E-state index is -0.239. The van der Waals surface area contributed by atoms with Crippen LogP contribution >= 0.6 is 0 Å². The Morgan fingerprint density at radius 3 is 2.15 bits per heavy atom. The Bertz CT molecular complexity index is 1250. The van der Waals surface area contributed by atoms with Crippen molar-refractivity contribution in [3.63, 3.8) is 0 Å². The summed E-state index contributed by atoms with van der Waals surface area (Å²) in [6.07, 6.45) is 2.21. The van der Waals surface area contributed by atoms with Crippen molar-refractivity contribution in [2.24, 2.45) is 0 Å². The number of benzene rings is 3. The van der Waals surface area contributed by atoms with Crippen LogP contribution in [0, 0.1) is 6.92 Å². The summed E-state index contributed by atoms with van der Waals surface area (Å²) >= 11 is 0. The summed E-state index contributed by atoms with van der Waals surface area (Å²) in [6.45, 7) is 3.04. The zero-order valence-corrected chi connectivity index (χ0v) is 18.7. The molecule has 0 aliphatic carbocycles. The molecule has 166 valence electrons. The maximum Gasteiger partial charge on any atom is 0.254 e. The summed E-state index contributed by atoms with van der Waals surface area (Å²) in [6, 6.07) is 29.3. The smallest absolute Gasteiger partial charge is 0.254 e. The fourth-order valence-corrected chi connectivity index (χ4v) is 3.68. The SMILES string of the molecule is Cc1ccc(-c2cc(=O)n(CC(=O)N(CCc3ccccc3)Cc3ccccc3)cn2)cc1. The van der Waals surface area contributed by atoms with Crippen LogP contribution in [0.5, 0.6) is 0 Å². The quantitative estimate of drug-likeness (QED) is 0.408. The van der Waals surface area contributed by atoms with E-state index in [1.54, 1.807) is 0 Å². The zero-order chi connectivity index (χ0) is 23.0. The molecule has 4 rings (SSSR count). The molecule has 0 spiro atoms. The van der Waals surface area contributed by atoms with Gasteiger partial charge in [0.1, 0.15) is 6.54 Å². The van der Waals surface area contributed by atoms with E-state index >= 15 is 0 Å². The van der Waals surface area contributed by atoms with Crippen LogP contribution in [0.25, 0.3) is 11.3 Å². The highest BCUT2D eigenvalue weighted by Crippen LogP contribution is 2.15. The second-order valence-corrected chi connectivity index (χ2v) is 8.14. The Morgan fingerprint density at radius 2 is 1.52 bits per heavy atom. The van der Waals surface area contributed by atoms with Gasteiger partial charge in [0, 0.05) is 24.7 Å². The van der Waals surface area contributed by atoms with Crippen LogP contribution in [0.2, 0.25) is 0 Å². The molecule has 0 N–H and O–H groups in total. The molecule has 0 aliphatic rings. The predicted octanol–water partition coefficient (Wildman–Crippen LogP) is 4.49. The molecule has 33 heavy (non-hydrogen) atoms. The highest BCUT2D eigenvalue weighted by molar-refractivity contribution is 5.76. The number of hydrogen-bond donors (Lipinski definition) is 0. The lowest BCUT2D eigenvalue weighted by Gasteiger charge is -2.23. The fourth-order valence-electron chi connectivity index (χ4n) is 3.68. The maximum absolute atomic E-state index is 13.2. The van der Waals surface area contributed by atoms with Crippen LogP contribution in [0.1, 0.15) is 16.7 Å². The Morgan fingerprint density at radius 1 is 0.879 bits per heavy atom. The minimum absolute atomic E-state index is 0.0400. The maximum atomic E-state index is 13.2. The molecule has 0 saturated carbocycles. The Labute approximate surface area is 194 Å². The molecule has 5 nitrogen and oxygen atoms in total. The van der Waals surface area contributed by atoms with Gasteiger partial charge in [0.2, 0.25) is 5.91 Å². The van der Waals surface area contributed by atoms with Crippen molar-refractivity contribution in [1.82, 2.24) is 14.5 Å². The van der Waals surface area contributed by atoms with E-state index in [4.69, 9.17) is 0 Å². The van der Waals surface area contributed by atoms with Gasteiger partial charge in [-0.15, -0.1) is 0 Å². The van der Waals surface area contributed by atoms with Crippen LogP contribution in [0.4, 0.5) is 0 Å². The molecule has 1 aromatic heterocycles. The van der Waals surface area contributed by atoms with Crippen molar-refractivity contribution in [3.8, 4) is 11.3 Å². The number of carbonyl (C=O) groups is 1. The van der Waals surface area contributed by atoms with Crippen molar-refractivity contribution in [2.75, 3.05) is 6.54 Å². The number of aromatic nitrogens is 2. The third kappa shape index (κ3) is 6.04. The summed E-state index contributed by atoms with van der Waals surface area (Å²) in [5.41, 5.74) is 4.62. The second-order valence-electron chi connectivity index (χ2n) is 8.14. The number of nitrogens with zero attached hydrogens (tertiary/aromatic N) is 3. The fraction of sp³-hybridized carbons (Fsp3) is 0.179. The Hall–Kier alpha value is -3.99. The third-order valence-corrected chi connectivity index (χ3v) is 5.61. The van der Waals surface area contributed by atoms with Crippen LogP contribution in [0.3, 0.4) is 0 Å². The predicted molar refractivity (Wildman–Crippen MR) is 131 cm³/mol. The normalized spacial score (nSPS) is 10.7. The lowest BCUT2D eigenvalue weighted by molar-refractivity contribution is -0.132. The van der Waals surface area contributed by atoms with E-state index in [1.807, 2.05) is 84.6 Å². The molecule has 5 heteroatoms. The van der Waals surface area contributed by atoms with Crippen molar-refractivity contribution < 1.29 is 4.79 Å². The van der Waals surface area contributed by atoms with Crippen LogP contribution in [0.15, 0.2) is 102 Å². The highest BCUT2D eigenvalue weighted by atomic mass is 16.2. The van der Waals surface area contributed by atoms with Crippen molar-refractivity contribution in [2.45, 2.75) is 26.4 Å². The van der Waals surface area contributed by atoms with Gasteiger partial charge in [-0.1, -0.05) is 90.5 Å². The number of hydrogen-bond acceptors (Lipinski definition) is 3. The molecule has 0 saturated heterocycles. The number of rotatable bonds is 8. The minimum Gasteiger partial charge on any atom is -0.336 e. The first kappa shape index (κ1) is 22.2. The topological polar surface area (TPSA) is 55.2 Å². The van der Waals surface area contributed by atoms with Crippen molar-refractivity contribution >= 4 is 5.91 Å². The van der Waals surface area contributed by atoms with E-state index in [0.29, 0.717) is 18.8 Å². The molecule has 0 atom stereocenters. The van der Waals surface area contributed by atoms with Gasteiger partial charge in [-0.05, 0) is 24.5 Å². The molecule has 0 fully saturated rings. The molecule has 0 unspecified atom stereocenters. The number of amides is 1. The molecule has 3 aromatic carbocycles. The first-order valence-electron chi connectivity index (χ1n) is 11.1. The van der Waals surface area contributed by atoms with Crippen LogP contribution < -0.4 is 5.56 Å². The molecule has 0 radical (unpaired) electrons. The van der Waals surface area contributed by atoms with Crippen molar-refractivity contribution in [3.05, 3.63) is 124 Å². The summed E-state index contributed by atoms with van der Waals surface area (Å²) in [4.78, 5) is 32.2. The second kappa shape index (κ2) is 10.6. The monoisotopic (exact) mass is 437 g/mol. The highest BCUT2D eigenvalue weighted by Gasteiger charge is 2.16. The molecule has 0 bridgehead atoms. The lowest BCUT2D eigenvalue weighted by Crippen LogP contribution is -2.37. The molecular weight excluding hydrogens is 410 g/mol. The molecular formula is C28H27N3O2. The molecule has 4 aromatic rings. The van der Waals surface area contributed by atoms with Crippen LogP contribution in [-0.2, 0) is 24.3 Å². The first-order valence-corrected chi connectivity index (χ1v) is 11.1. The van der Waals surface area contributed by atoms with Gasteiger partial charge in [-0.25, -0.2) is 4.98 Å². The molecule has 0 aliphatic heterocycles. The van der Waals surface area contributed by atoms with Crippen LogP contribution in [-0.4, -0.2) is 26.9 Å². The number of aryl methyl sites for hydroxylation is 1. The molecule has 1 amide bonds. The van der Waals surface area contributed by atoms with E-state index in [1.165, 1.54) is 22.5 Å². The summed E-state index contributed by atoms with van der Waals surface area (Å²) < 4.78 is 1.38. The van der Waals surface area contributed by atoms with E-state index in [0.717, 1.165) is 23.1 Å².